The number of aromatic nitrogens is 2. The summed E-state index contributed by atoms with van der Waals surface area (Å²) in [5.41, 5.74) is 9.04. The summed E-state index contributed by atoms with van der Waals surface area (Å²) in [6.45, 7) is 5.34. The maximum absolute atomic E-state index is 12.6. The van der Waals surface area contributed by atoms with Crippen molar-refractivity contribution < 1.29 is 14.3 Å². The number of nitrogens with two attached hydrogens (primary N) is 1. The van der Waals surface area contributed by atoms with Crippen LogP contribution in [0.25, 0.3) is 11.0 Å². The zero-order valence-corrected chi connectivity index (χ0v) is 17.2. The number of nitrogens with one attached hydrogen (secondary N) is 2. The Morgan fingerprint density at radius 1 is 1.41 bits per heavy atom. The first-order valence-corrected chi connectivity index (χ1v) is 9.12. The van der Waals surface area contributed by atoms with Crippen LogP contribution in [0.2, 0.25) is 0 Å². The molecule has 0 fully saturated rings. The van der Waals surface area contributed by atoms with Gasteiger partial charge in [-0.3, -0.25) is 10.2 Å². The number of ether oxygens (including phenoxy) is 1. The van der Waals surface area contributed by atoms with E-state index in [1.54, 1.807) is 18.7 Å². The molecule has 0 spiro atoms. The minimum atomic E-state index is -0.533. The lowest BCUT2D eigenvalue weighted by Gasteiger charge is -2.17. The Morgan fingerprint density at radius 3 is 2.72 bits per heavy atom. The van der Waals surface area contributed by atoms with Gasteiger partial charge in [0.25, 0.3) is 0 Å². The summed E-state index contributed by atoms with van der Waals surface area (Å²) in [6, 6.07) is 3.34. The standard InChI is InChI=1S/C19H27N7O3/c1-12-9-14-16(10-13(12)2)26(7-8-29-4)17(15(11-27)23-14)24-19(28)25(3)6-5-22-18(20)21/h9-11H,5-8H2,1-4H3,(H4,20,21,22)/b24-17+. The van der Waals surface area contributed by atoms with Crippen molar-refractivity contribution in [2.75, 3.05) is 33.9 Å². The smallest absolute Gasteiger partial charge is 0.345 e. The third-order valence-corrected chi connectivity index (χ3v) is 4.53. The third-order valence-electron chi connectivity index (χ3n) is 4.53. The average Bonchev–Trinajstić information content (AvgIpc) is 2.67. The molecule has 0 aliphatic carbocycles. The van der Waals surface area contributed by atoms with Crippen LogP contribution in [0.15, 0.2) is 17.1 Å². The van der Waals surface area contributed by atoms with Crippen LogP contribution >= 0.6 is 0 Å². The molecule has 1 aromatic carbocycles. The number of hydrogen-bond acceptors (Lipinski definition) is 5. The summed E-state index contributed by atoms with van der Waals surface area (Å²) in [5.74, 6) is -0.173. The Morgan fingerprint density at radius 2 is 2.10 bits per heavy atom. The average molecular weight is 401 g/mol. The molecule has 0 atom stereocenters. The number of aldehydes is 1. The van der Waals surface area contributed by atoms with Crippen LogP contribution in [0.1, 0.15) is 21.6 Å². The topological polar surface area (TPSA) is 139 Å². The van der Waals surface area contributed by atoms with Crippen molar-refractivity contribution in [3.05, 3.63) is 34.4 Å². The molecular formula is C19H27N7O3. The molecule has 0 unspecified atom stereocenters. The van der Waals surface area contributed by atoms with Gasteiger partial charge in [-0.1, -0.05) is 0 Å². The van der Waals surface area contributed by atoms with Crippen LogP contribution < -0.4 is 16.5 Å². The van der Waals surface area contributed by atoms with Gasteiger partial charge >= 0.3 is 6.03 Å². The molecule has 0 radical (unpaired) electrons. The highest BCUT2D eigenvalue weighted by molar-refractivity contribution is 5.82. The van der Waals surface area contributed by atoms with E-state index in [2.05, 4.69) is 15.3 Å². The quantitative estimate of drug-likeness (QED) is 0.352. The number of carbonyl (C=O) groups excluding carboxylic acids is 2. The van der Waals surface area contributed by atoms with Gasteiger partial charge in [0.1, 0.15) is 5.69 Å². The van der Waals surface area contributed by atoms with Crippen molar-refractivity contribution in [2.45, 2.75) is 20.4 Å². The van der Waals surface area contributed by atoms with Crippen LogP contribution in [0.3, 0.4) is 0 Å². The summed E-state index contributed by atoms with van der Waals surface area (Å²) < 4.78 is 6.98. The van der Waals surface area contributed by atoms with Gasteiger partial charge in [-0.05, 0) is 37.1 Å². The van der Waals surface area contributed by atoms with Gasteiger partial charge in [-0.15, -0.1) is 0 Å². The van der Waals surface area contributed by atoms with Crippen LogP contribution in [-0.2, 0) is 11.3 Å². The van der Waals surface area contributed by atoms with Crippen molar-refractivity contribution in [2.24, 2.45) is 10.7 Å². The molecule has 0 saturated heterocycles. The fourth-order valence-electron chi connectivity index (χ4n) is 2.76. The molecule has 1 heterocycles. The van der Waals surface area contributed by atoms with E-state index < -0.39 is 6.03 Å². The van der Waals surface area contributed by atoms with Crippen LogP contribution in [0, 0.1) is 19.3 Å². The number of nitrogens with zero attached hydrogens (tertiary/aromatic N) is 4. The van der Waals surface area contributed by atoms with E-state index in [-0.39, 0.29) is 23.7 Å². The van der Waals surface area contributed by atoms with Gasteiger partial charge in [0, 0.05) is 33.8 Å². The lowest BCUT2D eigenvalue weighted by molar-refractivity contribution is 0.111. The number of urea groups is 1. The SMILES string of the molecule is COCCn1/c(=N/C(=O)N(C)CCNC(=N)N)c(C=O)nc2cc(C)c(C)cc21. The maximum Gasteiger partial charge on any atom is 0.345 e. The third kappa shape index (κ3) is 5.38. The van der Waals surface area contributed by atoms with E-state index in [0.717, 1.165) is 16.6 Å². The molecule has 0 aliphatic heterocycles. The van der Waals surface area contributed by atoms with Crippen LogP contribution in [-0.4, -0.2) is 66.6 Å². The Labute approximate surface area is 168 Å². The normalized spacial score (nSPS) is 11.5. The first kappa shape index (κ1) is 22.0. The van der Waals surface area contributed by atoms with E-state index in [1.165, 1.54) is 4.90 Å². The minimum Gasteiger partial charge on any atom is -0.383 e. The van der Waals surface area contributed by atoms with E-state index in [0.29, 0.717) is 31.5 Å². The molecule has 0 bridgehead atoms. The van der Waals surface area contributed by atoms with Crippen LogP contribution in [0.4, 0.5) is 4.79 Å². The molecule has 10 nitrogen and oxygen atoms in total. The Balaban J connectivity index is 2.58. The zero-order chi connectivity index (χ0) is 21.6. The van der Waals surface area contributed by atoms with E-state index in [4.69, 9.17) is 15.9 Å². The molecule has 0 saturated carbocycles. The van der Waals surface area contributed by atoms with Crippen molar-refractivity contribution in [3.63, 3.8) is 0 Å². The van der Waals surface area contributed by atoms with Gasteiger partial charge in [-0.2, -0.15) is 4.99 Å². The van der Waals surface area contributed by atoms with Crippen molar-refractivity contribution >= 4 is 29.3 Å². The molecular weight excluding hydrogens is 374 g/mol. The Bertz CT molecular complexity index is 997. The fraction of sp³-hybridized carbons (Fsp3) is 0.421. The number of fused-ring (bicyclic) bond motifs is 1. The fourth-order valence-corrected chi connectivity index (χ4v) is 2.76. The number of benzene rings is 1. The van der Waals surface area contributed by atoms with Gasteiger partial charge in [0.15, 0.2) is 17.7 Å². The molecule has 0 aliphatic rings. The highest BCUT2D eigenvalue weighted by atomic mass is 16.5. The summed E-state index contributed by atoms with van der Waals surface area (Å²) in [5, 5.41) is 9.79. The van der Waals surface area contributed by atoms with E-state index in [1.807, 2.05) is 26.0 Å². The van der Waals surface area contributed by atoms with Crippen molar-refractivity contribution in [3.8, 4) is 0 Å². The summed E-state index contributed by atoms with van der Waals surface area (Å²) >= 11 is 0. The summed E-state index contributed by atoms with van der Waals surface area (Å²) in [6.07, 6.45) is 0.599. The number of amides is 2. The highest BCUT2D eigenvalue weighted by Gasteiger charge is 2.14. The largest absolute Gasteiger partial charge is 0.383 e. The molecule has 1 aromatic heterocycles. The van der Waals surface area contributed by atoms with Gasteiger partial charge in [0.2, 0.25) is 0 Å². The first-order chi connectivity index (χ1) is 13.8. The highest BCUT2D eigenvalue weighted by Crippen LogP contribution is 2.17. The number of aryl methyl sites for hydroxylation is 2. The molecule has 10 heteroatoms. The van der Waals surface area contributed by atoms with Gasteiger partial charge in [-0.25, -0.2) is 9.78 Å². The van der Waals surface area contributed by atoms with Crippen molar-refractivity contribution in [1.29, 1.82) is 5.41 Å². The molecule has 2 rings (SSSR count). The van der Waals surface area contributed by atoms with E-state index in [9.17, 15) is 9.59 Å². The molecule has 156 valence electrons. The molecule has 2 aromatic rings. The number of hydrogen-bond donors (Lipinski definition) is 3. The van der Waals surface area contributed by atoms with E-state index >= 15 is 0 Å². The predicted molar refractivity (Wildman–Crippen MR) is 110 cm³/mol. The number of methoxy groups -OCH3 is 1. The van der Waals surface area contributed by atoms with Crippen LogP contribution in [0.5, 0.6) is 0 Å². The second-order valence-corrected chi connectivity index (χ2v) is 6.66. The molecule has 4 N–H and O–H groups in total. The second kappa shape index (κ2) is 9.78. The van der Waals surface area contributed by atoms with Gasteiger partial charge < -0.3 is 25.3 Å². The van der Waals surface area contributed by atoms with Crippen molar-refractivity contribution in [1.82, 2.24) is 19.8 Å². The molecule has 29 heavy (non-hydrogen) atoms. The number of carbonyl (C=O) groups is 2. The number of rotatable bonds is 7. The number of guanidine groups is 1. The lowest BCUT2D eigenvalue weighted by Crippen LogP contribution is -2.39. The Kier molecular flexibility index (Phi) is 7.43. The maximum atomic E-state index is 12.6. The Hall–Kier alpha value is -3.27. The first-order valence-electron chi connectivity index (χ1n) is 9.12. The number of likely N-dealkylation sites (N-methyl/N-ethyl adjacent to an activating group) is 1. The molecule has 2 amide bonds. The predicted octanol–water partition coefficient (Wildman–Crippen LogP) is 0.548. The van der Waals surface area contributed by atoms with Gasteiger partial charge in [0.05, 0.1) is 17.6 Å². The lowest BCUT2D eigenvalue weighted by atomic mass is 10.1. The summed E-state index contributed by atoms with van der Waals surface area (Å²) in [4.78, 5) is 34.3. The minimum absolute atomic E-state index is 0.0838. The zero-order valence-electron chi connectivity index (χ0n) is 17.2. The monoisotopic (exact) mass is 401 g/mol. The summed E-state index contributed by atoms with van der Waals surface area (Å²) in [7, 11) is 3.16. The second-order valence-electron chi connectivity index (χ2n) is 6.66.